The fourth-order valence-corrected chi connectivity index (χ4v) is 2.26. The largest absolute Gasteiger partial charge is 0.461 e. The van der Waals surface area contributed by atoms with Crippen LogP contribution in [0.4, 0.5) is 0 Å². The third-order valence-corrected chi connectivity index (χ3v) is 3.43. The number of nitrogens with two attached hydrogens (primary N) is 1. The summed E-state index contributed by atoms with van der Waals surface area (Å²) in [4.78, 5) is 20.2. The zero-order chi connectivity index (χ0) is 17.8. The summed E-state index contributed by atoms with van der Waals surface area (Å²) in [7, 11) is 0. The number of esters is 1. The molecule has 0 aliphatic carbocycles. The Labute approximate surface area is 142 Å². The maximum Gasteiger partial charge on any atom is 0.356 e. The predicted molar refractivity (Wildman–Crippen MR) is 90.3 cm³/mol. The normalized spacial score (nSPS) is 11.5. The number of nitrogens with zero attached hydrogens (tertiary/aromatic N) is 2. The topological polar surface area (TPSA) is 124 Å². The van der Waals surface area contributed by atoms with E-state index >= 15 is 0 Å². The van der Waals surface area contributed by atoms with Crippen molar-refractivity contribution in [1.29, 1.82) is 0 Å². The first kappa shape index (κ1) is 16.5. The van der Waals surface area contributed by atoms with Crippen LogP contribution in [0.5, 0.6) is 0 Å². The Kier molecular flexibility index (Phi) is 4.62. The number of hydrogen-bond donors (Lipinski definition) is 3. The second-order valence-corrected chi connectivity index (χ2v) is 5.08. The number of hydroxylamine groups is 1. The fraction of sp³-hybridized carbons (Fsp3) is 0.118. The van der Waals surface area contributed by atoms with Crippen LogP contribution in [0.2, 0.25) is 0 Å². The quantitative estimate of drug-likeness (QED) is 0.477. The molecule has 0 bridgehead atoms. The van der Waals surface area contributed by atoms with Gasteiger partial charge in [-0.3, -0.25) is 10.7 Å². The van der Waals surface area contributed by atoms with Gasteiger partial charge in [-0.2, -0.15) is 0 Å². The maximum atomic E-state index is 11.8. The monoisotopic (exact) mass is 340 g/mol. The lowest BCUT2D eigenvalue weighted by molar-refractivity contribution is 0.0519. The highest BCUT2D eigenvalue weighted by Gasteiger charge is 2.14. The number of rotatable bonds is 5. The molecule has 8 nitrogen and oxygen atoms in total. The summed E-state index contributed by atoms with van der Waals surface area (Å²) >= 11 is 0. The average molecular weight is 340 g/mol. The first-order valence-electron chi connectivity index (χ1n) is 7.52. The molecule has 128 valence electrons. The third kappa shape index (κ3) is 3.43. The van der Waals surface area contributed by atoms with Crippen LogP contribution in [0.1, 0.15) is 23.0 Å². The number of aromatic nitrogens is 2. The number of benzene rings is 1. The van der Waals surface area contributed by atoms with E-state index < -0.39 is 5.97 Å². The number of hydrogen-bond acceptors (Lipinski definition) is 8. The molecule has 0 atom stereocenters. The molecular weight excluding hydrogens is 324 g/mol. The van der Waals surface area contributed by atoms with Crippen LogP contribution in [0.25, 0.3) is 28.3 Å². The molecule has 0 aliphatic heterocycles. The molecule has 8 heteroatoms. The maximum absolute atomic E-state index is 11.8. The Morgan fingerprint density at radius 2 is 2.24 bits per heavy atom. The van der Waals surface area contributed by atoms with Crippen LogP contribution in [0.3, 0.4) is 0 Å². The first-order chi connectivity index (χ1) is 12.1. The molecule has 2 heterocycles. The van der Waals surface area contributed by atoms with Crippen molar-refractivity contribution in [2.45, 2.75) is 6.92 Å². The molecule has 0 radical (unpaired) electrons. The van der Waals surface area contributed by atoms with Gasteiger partial charge in [0, 0.05) is 23.5 Å². The zero-order valence-electron chi connectivity index (χ0n) is 13.4. The van der Waals surface area contributed by atoms with Gasteiger partial charge in [0.1, 0.15) is 11.2 Å². The third-order valence-electron chi connectivity index (χ3n) is 3.43. The van der Waals surface area contributed by atoms with Gasteiger partial charge in [0.05, 0.1) is 12.3 Å². The lowest BCUT2D eigenvalue weighted by Gasteiger charge is -2.01. The predicted octanol–water partition coefficient (Wildman–Crippen LogP) is 2.30. The van der Waals surface area contributed by atoms with Gasteiger partial charge in [-0.1, -0.05) is 0 Å². The van der Waals surface area contributed by atoms with E-state index in [1.54, 1.807) is 37.3 Å². The van der Waals surface area contributed by atoms with Gasteiger partial charge in [-0.05, 0) is 37.3 Å². The van der Waals surface area contributed by atoms with E-state index in [2.05, 4.69) is 9.97 Å². The molecule has 3 rings (SSSR count). The van der Waals surface area contributed by atoms with Crippen molar-refractivity contribution in [3.05, 3.63) is 54.0 Å². The van der Waals surface area contributed by atoms with E-state index in [-0.39, 0.29) is 12.3 Å². The molecule has 0 saturated heterocycles. The second kappa shape index (κ2) is 7.02. The molecule has 0 fully saturated rings. The van der Waals surface area contributed by atoms with Crippen molar-refractivity contribution in [3.63, 3.8) is 0 Å². The van der Waals surface area contributed by atoms with Crippen LogP contribution in [0.15, 0.2) is 47.1 Å². The first-order valence-corrected chi connectivity index (χ1v) is 7.52. The van der Waals surface area contributed by atoms with Crippen molar-refractivity contribution in [2.75, 3.05) is 6.61 Å². The minimum absolute atomic E-state index is 0.184. The van der Waals surface area contributed by atoms with E-state index in [0.717, 1.165) is 0 Å². The van der Waals surface area contributed by atoms with Crippen LogP contribution in [-0.2, 0) is 4.74 Å². The Balaban J connectivity index is 1.98. The molecule has 0 spiro atoms. The molecular formula is C17H16N4O4. The number of ether oxygens (including phenoxy) is 1. The second-order valence-electron chi connectivity index (χ2n) is 5.08. The Hall–Kier alpha value is -3.39. The molecule has 4 N–H and O–H groups in total. The number of carbonyl (C=O) groups is 1. The zero-order valence-corrected chi connectivity index (χ0v) is 13.4. The molecule has 0 saturated carbocycles. The molecule has 3 aromatic rings. The highest BCUT2D eigenvalue weighted by molar-refractivity contribution is 5.88. The highest BCUT2D eigenvalue weighted by Crippen LogP contribution is 2.26. The van der Waals surface area contributed by atoms with E-state index in [1.165, 1.54) is 12.4 Å². The summed E-state index contributed by atoms with van der Waals surface area (Å²) in [6.07, 6.45) is 2.76. The van der Waals surface area contributed by atoms with E-state index in [4.69, 9.17) is 20.1 Å². The number of pyridine rings is 1. The van der Waals surface area contributed by atoms with Gasteiger partial charge in [-0.15, -0.1) is 0 Å². The molecule has 25 heavy (non-hydrogen) atoms. The average Bonchev–Trinajstić information content (AvgIpc) is 3.05. The molecule has 0 amide bonds. The summed E-state index contributed by atoms with van der Waals surface area (Å²) in [6, 6.07) is 8.47. The smallest absolute Gasteiger partial charge is 0.356 e. The molecule has 2 aromatic heterocycles. The summed E-state index contributed by atoms with van der Waals surface area (Å²) in [5.41, 5.74) is 10.7. The standard InChI is InChI=1S/C17H16N4O4/c1-2-24-17(22)14-8-11(5-6-19-14)16-21-13-7-10(12(18)9-20-23)3-4-15(13)25-16/h3-9,20,23H,2,18H2,1H3. The van der Waals surface area contributed by atoms with Gasteiger partial charge in [-0.25, -0.2) is 14.8 Å². The number of carbonyl (C=O) groups excluding carboxylic acids is 1. The Morgan fingerprint density at radius 1 is 1.40 bits per heavy atom. The Morgan fingerprint density at radius 3 is 3.00 bits per heavy atom. The summed E-state index contributed by atoms with van der Waals surface area (Å²) in [5.74, 6) is -0.153. The van der Waals surface area contributed by atoms with E-state index in [1.807, 2.05) is 5.48 Å². The van der Waals surface area contributed by atoms with Crippen LogP contribution < -0.4 is 11.2 Å². The summed E-state index contributed by atoms with van der Waals surface area (Å²) in [5, 5.41) is 8.69. The lowest BCUT2D eigenvalue weighted by atomic mass is 10.1. The number of nitrogens with one attached hydrogen (secondary N) is 1. The van der Waals surface area contributed by atoms with Gasteiger partial charge in [0.15, 0.2) is 5.58 Å². The van der Waals surface area contributed by atoms with Gasteiger partial charge in [0.25, 0.3) is 0 Å². The minimum atomic E-state index is -0.503. The van der Waals surface area contributed by atoms with Gasteiger partial charge in [0.2, 0.25) is 5.89 Å². The summed E-state index contributed by atoms with van der Waals surface area (Å²) in [6.45, 7) is 2.00. The lowest BCUT2D eigenvalue weighted by Crippen LogP contribution is -2.06. The molecule has 1 aromatic carbocycles. The molecule has 0 aliphatic rings. The van der Waals surface area contributed by atoms with Crippen molar-refractivity contribution in [1.82, 2.24) is 15.4 Å². The van der Waals surface area contributed by atoms with Crippen molar-refractivity contribution in [3.8, 4) is 11.5 Å². The minimum Gasteiger partial charge on any atom is -0.461 e. The van der Waals surface area contributed by atoms with E-state index in [0.29, 0.717) is 33.8 Å². The summed E-state index contributed by atoms with van der Waals surface area (Å²) < 4.78 is 10.7. The number of oxazole rings is 1. The van der Waals surface area contributed by atoms with Crippen molar-refractivity contribution in [2.24, 2.45) is 5.73 Å². The number of fused-ring (bicyclic) bond motifs is 1. The van der Waals surface area contributed by atoms with Crippen LogP contribution in [-0.4, -0.2) is 27.8 Å². The molecule has 0 unspecified atom stereocenters. The van der Waals surface area contributed by atoms with Crippen LogP contribution in [0, 0.1) is 0 Å². The van der Waals surface area contributed by atoms with E-state index in [9.17, 15) is 4.79 Å². The Bertz CT molecular complexity index is 949. The fourth-order valence-electron chi connectivity index (χ4n) is 2.26. The van der Waals surface area contributed by atoms with Crippen molar-refractivity contribution >= 4 is 22.8 Å². The highest BCUT2D eigenvalue weighted by atomic mass is 16.5. The van der Waals surface area contributed by atoms with Crippen molar-refractivity contribution < 1.29 is 19.2 Å². The van der Waals surface area contributed by atoms with Gasteiger partial charge >= 0.3 is 5.97 Å². The van der Waals surface area contributed by atoms with Gasteiger partial charge < -0.3 is 14.9 Å². The SMILES string of the molecule is CCOC(=O)c1cc(-c2nc3cc(C(N)=CNO)ccc3o2)ccn1. The van der Waals surface area contributed by atoms with Crippen LogP contribution >= 0.6 is 0 Å².